The molecule has 122 valence electrons. The minimum absolute atomic E-state index is 0.174. The molecule has 22 heavy (non-hydrogen) atoms. The van der Waals surface area contributed by atoms with E-state index in [4.69, 9.17) is 4.98 Å². The second kappa shape index (κ2) is 7.25. The van der Waals surface area contributed by atoms with Crippen molar-refractivity contribution >= 4 is 11.0 Å². The first-order valence-corrected chi connectivity index (χ1v) is 8.32. The van der Waals surface area contributed by atoms with Crippen molar-refractivity contribution in [3.8, 4) is 0 Å². The lowest BCUT2D eigenvalue weighted by molar-refractivity contribution is 0.159. The van der Waals surface area contributed by atoms with Crippen LogP contribution in [0.3, 0.4) is 0 Å². The summed E-state index contributed by atoms with van der Waals surface area (Å²) >= 11 is 0. The molecule has 0 spiro atoms. The van der Waals surface area contributed by atoms with Crippen LogP contribution in [0.15, 0.2) is 24.3 Å². The van der Waals surface area contributed by atoms with Crippen LogP contribution in [-0.4, -0.2) is 27.8 Å². The van der Waals surface area contributed by atoms with Crippen LogP contribution in [0.2, 0.25) is 0 Å². The van der Waals surface area contributed by atoms with Crippen LogP contribution in [0.4, 0.5) is 0 Å². The molecule has 0 radical (unpaired) electrons. The number of aromatic nitrogens is 2. The van der Waals surface area contributed by atoms with Crippen molar-refractivity contribution < 1.29 is 5.11 Å². The Labute approximate surface area is 133 Å². The van der Waals surface area contributed by atoms with Crippen molar-refractivity contribution in [2.45, 2.75) is 46.1 Å². The van der Waals surface area contributed by atoms with Gasteiger partial charge in [-0.25, -0.2) is 4.98 Å². The zero-order valence-corrected chi connectivity index (χ0v) is 14.3. The Bertz CT molecular complexity index is 601. The molecule has 0 aliphatic heterocycles. The molecule has 0 saturated heterocycles. The van der Waals surface area contributed by atoms with Crippen molar-refractivity contribution in [3.05, 3.63) is 30.1 Å². The highest BCUT2D eigenvalue weighted by molar-refractivity contribution is 5.75. The Kier molecular flexibility index (Phi) is 5.59. The van der Waals surface area contributed by atoms with E-state index in [1.54, 1.807) is 0 Å². The molecular weight excluding hydrogens is 274 g/mol. The molecule has 1 heterocycles. The number of para-hydroxylation sites is 2. The molecule has 1 aromatic carbocycles. The summed E-state index contributed by atoms with van der Waals surface area (Å²) in [6.07, 6.45) is 3.00. The molecule has 0 bridgehead atoms. The van der Waals surface area contributed by atoms with Gasteiger partial charge in [-0.1, -0.05) is 26.0 Å². The Morgan fingerprint density at radius 1 is 1.27 bits per heavy atom. The van der Waals surface area contributed by atoms with E-state index < -0.39 is 0 Å². The van der Waals surface area contributed by atoms with Crippen LogP contribution < -0.4 is 5.32 Å². The smallest absolute Gasteiger partial charge is 0.126 e. The second-order valence-corrected chi connectivity index (χ2v) is 6.30. The minimum atomic E-state index is 0.174. The first-order chi connectivity index (χ1) is 10.6. The maximum absolute atomic E-state index is 9.34. The van der Waals surface area contributed by atoms with Gasteiger partial charge >= 0.3 is 0 Å². The summed E-state index contributed by atoms with van der Waals surface area (Å²) in [5.41, 5.74) is 2.38. The molecule has 4 nitrogen and oxygen atoms in total. The summed E-state index contributed by atoms with van der Waals surface area (Å²) in [5, 5.41) is 13.0. The maximum atomic E-state index is 9.34. The van der Waals surface area contributed by atoms with Crippen LogP contribution >= 0.6 is 0 Å². The largest absolute Gasteiger partial charge is 0.396 e. The molecule has 1 unspecified atom stereocenters. The molecule has 0 amide bonds. The molecule has 0 saturated carbocycles. The number of aryl methyl sites for hydroxylation is 1. The lowest BCUT2D eigenvalue weighted by Gasteiger charge is -2.32. The van der Waals surface area contributed by atoms with Crippen LogP contribution in [0.25, 0.3) is 11.0 Å². The second-order valence-electron chi connectivity index (χ2n) is 6.30. The number of benzene rings is 1. The third-order valence-electron chi connectivity index (χ3n) is 5.13. The van der Waals surface area contributed by atoms with E-state index >= 15 is 0 Å². The normalized spacial score (nSPS) is 13.7. The molecule has 0 aliphatic carbocycles. The molecule has 1 atom stereocenters. The quantitative estimate of drug-likeness (QED) is 0.785. The van der Waals surface area contributed by atoms with Gasteiger partial charge in [0.2, 0.25) is 0 Å². The number of rotatable bonds is 8. The summed E-state index contributed by atoms with van der Waals surface area (Å²) in [4.78, 5) is 4.76. The number of imidazole rings is 1. The predicted molar refractivity (Wildman–Crippen MR) is 91.8 cm³/mol. The van der Waals surface area contributed by atoms with Crippen molar-refractivity contribution in [2.75, 3.05) is 13.2 Å². The van der Waals surface area contributed by atoms with Crippen LogP contribution in [0.1, 0.15) is 51.9 Å². The van der Waals surface area contributed by atoms with Gasteiger partial charge in [0.1, 0.15) is 5.82 Å². The third kappa shape index (κ3) is 3.33. The highest BCUT2D eigenvalue weighted by Gasteiger charge is 2.26. The number of nitrogens with zero attached hydrogens (tertiary/aromatic N) is 2. The Morgan fingerprint density at radius 3 is 2.55 bits per heavy atom. The molecule has 1 aromatic heterocycles. The van der Waals surface area contributed by atoms with Gasteiger partial charge in [-0.2, -0.15) is 0 Å². The molecule has 2 aromatic rings. The van der Waals surface area contributed by atoms with E-state index in [0.717, 1.165) is 37.1 Å². The van der Waals surface area contributed by atoms with E-state index in [1.807, 2.05) is 12.1 Å². The van der Waals surface area contributed by atoms with E-state index in [2.05, 4.69) is 49.8 Å². The molecule has 0 fully saturated rings. The summed E-state index contributed by atoms with van der Waals surface area (Å²) < 4.78 is 2.17. The number of nitrogens with one attached hydrogen (secondary N) is 1. The van der Waals surface area contributed by atoms with Crippen molar-refractivity contribution in [2.24, 2.45) is 12.5 Å². The maximum Gasteiger partial charge on any atom is 0.126 e. The number of aliphatic hydroxyl groups is 1. The summed E-state index contributed by atoms with van der Waals surface area (Å²) in [7, 11) is 2.07. The van der Waals surface area contributed by atoms with Gasteiger partial charge in [-0.3, -0.25) is 0 Å². The van der Waals surface area contributed by atoms with Crippen molar-refractivity contribution in [3.63, 3.8) is 0 Å². The highest BCUT2D eigenvalue weighted by atomic mass is 16.3. The Hall–Kier alpha value is -1.39. The standard InChI is InChI=1S/C18H29N3O/c1-5-18(6-2,11-12-22)13-19-14(3)17-20-15-9-7-8-10-16(15)21(17)4/h7-10,14,19,22H,5-6,11-13H2,1-4H3. The van der Waals surface area contributed by atoms with Crippen LogP contribution in [0, 0.1) is 5.41 Å². The van der Waals surface area contributed by atoms with Crippen LogP contribution in [-0.2, 0) is 7.05 Å². The van der Waals surface area contributed by atoms with E-state index in [1.165, 1.54) is 5.52 Å². The molecule has 2 N–H and O–H groups in total. The van der Waals surface area contributed by atoms with Gasteiger partial charge < -0.3 is 15.0 Å². The lowest BCUT2D eigenvalue weighted by atomic mass is 9.79. The van der Waals surface area contributed by atoms with Crippen molar-refractivity contribution in [1.82, 2.24) is 14.9 Å². The Morgan fingerprint density at radius 2 is 1.95 bits per heavy atom. The first kappa shape index (κ1) is 17.0. The van der Waals surface area contributed by atoms with Gasteiger partial charge in [0.25, 0.3) is 0 Å². The predicted octanol–water partition coefficient (Wildman–Crippen LogP) is 3.41. The fraction of sp³-hybridized carbons (Fsp3) is 0.611. The average Bonchev–Trinajstić information content (AvgIpc) is 2.89. The zero-order valence-electron chi connectivity index (χ0n) is 14.3. The zero-order chi connectivity index (χ0) is 16.2. The van der Waals surface area contributed by atoms with E-state index in [9.17, 15) is 5.11 Å². The summed E-state index contributed by atoms with van der Waals surface area (Å²) in [6.45, 7) is 7.74. The number of fused-ring (bicyclic) bond motifs is 1. The average molecular weight is 303 g/mol. The fourth-order valence-corrected chi connectivity index (χ4v) is 3.19. The highest BCUT2D eigenvalue weighted by Crippen LogP contribution is 2.30. The van der Waals surface area contributed by atoms with E-state index in [0.29, 0.717) is 0 Å². The fourth-order valence-electron chi connectivity index (χ4n) is 3.19. The van der Waals surface area contributed by atoms with Gasteiger partial charge in [0.15, 0.2) is 0 Å². The number of aliphatic hydroxyl groups excluding tert-OH is 1. The van der Waals surface area contributed by atoms with Gasteiger partial charge in [0.05, 0.1) is 17.1 Å². The Balaban J connectivity index is 2.13. The molecule has 0 aliphatic rings. The van der Waals surface area contributed by atoms with Gasteiger partial charge in [-0.05, 0) is 43.7 Å². The molecule has 4 heteroatoms. The van der Waals surface area contributed by atoms with E-state index in [-0.39, 0.29) is 18.1 Å². The van der Waals surface area contributed by atoms with Gasteiger partial charge in [-0.15, -0.1) is 0 Å². The lowest BCUT2D eigenvalue weighted by Crippen LogP contribution is -2.36. The molecule has 2 rings (SSSR count). The minimum Gasteiger partial charge on any atom is -0.396 e. The number of hydrogen-bond donors (Lipinski definition) is 2. The number of hydrogen-bond acceptors (Lipinski definition) is 3. The third-order valence-corrected chi connectivity index (χ3v) is 5.13. The summed E-state index contributed by atoms with van der Waals surface area (Å²) in [6, 6.07) is 8.42. The SMILES string of the molecule is CCC(CC)(CCO)CNC(C)c1nc2ccccc2n1C. The van der Waals surface area contributed by atoms with Gasteiger partial charge in [0, 0.05) is 20.2 Å². The topological polar surface area (TPSA) is 50.1 Å². The van der Waals surface area contributed by atoms with Crippen LogP contribution in [0.5, 0.6) is 0 Å². The monoisotopic (exact) mass is 303 g/mol. The first-order valence-electron chi connectivity index (χ1n) is 8.32. The van der Waals surface area contributed by atoms with Crippen molar-refractivity contribution in [1.29, 1.82) is 0 Å². The molecular formula is C18H29N3O. The summed E-state index contributed by atoms with van der Waals surface area (Å²) in [5.74, 6) is 1.06.